The van der Waals surface area contributed by atoms with E-state index in [0.29, 0.717) is 19.5 Å². The Morgan fingerprint density at radius 3 is 2.33 bits per heavy atom. The number of amides is 1. The molecular weight excluding hydrogens is 376 g/mol. The highest BCUT2D eigenvalue weighted by molar-refractivity contribution is 5.79. The highest BCUT2D eigenvalue weighted by atomic mass is 16.5. The van der Waals surface area contributed by atoms with E-state index in [4.69, 9.17) is 4.74 Å². The molecule has 0 bridgehead atoms. The zero-order valence-electron chi connectivity index (χ0n) is 17.8. The van der Waals surface area contributed by atoms with Gasteiger partial charge >= 0.3 is 0 Å². The SMILES string of the molecule is COc1ccccc1N1CCN(C(=O)Cc2c(C)nn(-c3ccccc3)c2C)CC1. The van der Waals surface area contributed by atoms with Gasteiger partial charge in [-0.05, 0) is 38.1 Å². The molecule has 0 N–H and O–H groups in total. The van der Waals surface area contributed by atoms with Crippen molar-refractivity contribution in [2.24, 2.45) is 0 Å². The van der Waals surface area contributed by atoms with E-state index in [1.807, 2.05) is 72.0 Å². The molecule has 1 aliphatic rings. The standard InChI is InChI=1S/C24H28N4O2/c1-18-21(19(2)28(25-18)20-9-5-4-6-10-20)17-24(29)27-15-13-26(14-16-27)22-11-7-8-12-23(22)30-3/h4-12H,13-17H2,1-3H3. The molecule has 0 saturated carbocycles. The first-order chi connectivity index (χ1) is 14.6. The minimum absolute atomic E-state index is 0.161. The molecule has 0 spiro atoms. The number of anilines is 1. The molecule has 1 saturated heterocycles. The summed E-state index contributed by atoms with van der Waals surface area (Å²) in [6.07, 6.45) is 0.388. The molecule has 3 aromatic rings. The van der Waals surface area contributed by atoms with Gasteiger partial charge in [0, 0.05) is 37.4 Å². The zero-order valence-corrected chi connectivity index (χ0v) is 17.8. The van der Waals surface area contributed by atoms with Crippen LogP contribution in [0.25, 0.3) is 5.69 Å². The molecule has 1 aromatic heterocycles. The molecule has 6 heteroatoms. The predicted octanol–water partition coefficient (Wildman–Crippen LogP) is 3.39. The highest BCUT2D eigenvalue weighted by Gasteiger charge is 2.25. The van der Waals surface area contributed by atoms with Gasteiger partial charge in [-0.15, -0.1) is 0 Å². The van der Waals surface area contributed by atoms with Crippen LogP contribution in [0.15, 0.2) is 54.6 Å². The number of carbonyl (C=O) groups is 1. The maximum absolute atomic E-state index is 13.0. The third kappa shape index (κ3) is 3.90. The molecule has 1 aliphatic heterocycles. The molecule has 2 heterocycles. The van der Waals surface area contributed by atoms with Gasteiger partial charge in [0.05, 0.1) is 30.6 Å². The van der Waals surface area contributed by atoms with Crippen LogP contribution in [-0.2, 0) is 11.2 Å². The van der Waals surface area contributed by atoms with Crippen LogP contribution in [0.4, 0.5) is 5.69 Å². The van der Waals surface area contributed by atoms with Gasteiger partial charge < -0.3 is 14.5 Å². The molecule has 1 amide bonds. The van der Waals surface area contributed by atoms with Crippen LogP contribution >= 0.6 is 0 Å². The number of carbonyl (C=O) groups excluding carboxylic acids is 1. The largest absolute Gasteiger partial charge is 0.495 e. The van der Waals surface area contributed by atoms with Gasteiger partial charge in [-0.2, -0.15) is 5.10 Å². The summed E-state index contributed by atoms with van der Waals surface area (Å²) in [6, 6.07) is 18.1. The Hall–Kier alpha value is -3.28. The topological polar surface area (TPSA) is 50.6 Å². The number of para-hydroxylation sites is 3. The number of ether oxygens (including phenoxy) is 1. The number of piperazine rings is 1. The van der Waals surface area contributed by atoms with Crippen molar-refractivity contribution in [1.82, 2.24) is 14.7 Å². The molecule has 4 rings (SSSR count). The molecule has 1 fully saturated rings. The predicted molar refractivity (Wildman–Crippen MR) is 119 cm³/mol. The van der Waals surface area contributed by atoms with Crippen molar-refractivity contribution in [3.8, 4) is 11.4 Å². The molecule has 6 nitrogen and oxygen atoms in total. The Labute approximate surface area is 177 Å². The molecule has 30 heavy (non-hydrogen) atoms. The van der Waals surface area contributed by atoms with Crippen molar-refractivity contribution in [3.63, 3.8) is 0 Å². The maximum atomic E-state index is 13.0. The summed E-state index contributed by atoms with van der Waals surface area (Å²) < 4.78 is 7.41. The lowest BCUT2D eigenvalue weighted by Gasteiger charge is -2.36. The second-order valence-electron chi connectivity index (χ2n) is 7.61. The number of benzene rings is 2. The Morgan fingerprint density at radius 2 is 1.63 bits per heavy atom. The van der Waals surface area contributed by atoms with E-state index in [1.54, 1.807) is 7.11 Å². The third-order valence-corrected chi connectivity index (χ3v) is 5.83. The number of aryl methyl sites for hydroxylation is 1. The fourth-order valence-electron chi connectivity index (χ4n) is 4.10. The van der Waals surface area contributed by atoms with Gasteiger partial charge in [0.25, 0.3) is 0 Å². The van der Waals surface area contributed by atoms with E-state index in [2.05, 4.69) is 16.1 Å². The quantitative estimate of drug-likeness (QED) is 0.654. The van der Waals surface area contributed by atoms with Crippen molar-refractivity contribution in [2.45, 2.75) is 20.3 Å². The van der Waals surface area contributed by atoms with Gasteiger partial charge in [-0.3, -0.25) is 4.79 Å². The minimum Gasteiger partial charge on any atom is -0.495 e. The van der Waals surface area contributed by atoms with Crippen molar-refractivity contribution < 1.29 is 9.53 Å². The first kappa shape index (κ1) is 20.0. The van der Waals surface area contributed by atoms with Crippen molar-refractivity contribution in [1.29, 1.82) is 0 Å². The Bertz CT molecular complexity index is 1020. The van der Waals surface area contributed by atoms with E-state index in [1.165, 1.54) is 0 Å². The molecular formula is C24H28N4O2. The Balaban J connectivity index is 1.43. The van der Waals surface area contributed by atoms with E-state index in [0.717, 1.165) is 47.2 Å². The smallest absolute Gasteiger partial charge is 0.227 e. The Kier molecular flexibility index (Phi) is 5.74. The Morgan fingerprint density at radius 1 is 0.967 bits per heavy atom. The summed E-state index contributed by atoms with van der Waals surface area (Å²) in [5.74, 6) is 1.03. The maximum Gasteiger partial charge on any atom is 0.227 e. The average Bonchev–Trinajstić information content (AvgIpc) is 3.08. The van der Waals surface area contributed by atoms with Gasteiger partial charge in [-0.25, -0.2) is 4.68 Å². The van der Waals surface area contributed by atoms with Crippen LogP contribution in [0.3, 0.4) is 0 Å². The second-order valence-corrected chi connectivity index (χ2v) is 7.61. The number of methoxy groups -OCH3 is 1. The number of hydrogen-bond acceptors (Lipinski definition) is 4. The van der Waals surface area contributed by atoms with Crippen molar-refractivity contribution in [2.75, 3.05) is 38.2 Å². The minimum atomic E-state index is 0.161. The van der Waals surface area contributed by atoms with E-state index < -0.39 is 0 Å². The van der Waals surface area contributed by atoms with Gasteiger partial charge in [0.15, 0.2) is 0 Å². The number of nitrogens with zero attached hydrogens (tertiary/aromatic N) is 4. The molecule has 0 unspecified atom stereocenters. The molecule has 2 aromatic carbocycles. The monoisotopic (exact) mass is 404 g/mol. The summed E-state index contributed by atoms with van der Waals surface area (Å²) in [4.78, 5) is 17.3. The van der Waals surface area contributed by atoms with Crippen LogP contribution in [0, 0.1) is 13.8 Å². The zero-order chi connectivity index (χ0) is 21.1. The van der Waals surface area contributed by atoms with Crippen LogP contribution in [0.2, 0.25) is 0 Å². The number of rotatable bonds is 5. The molecule has 0 radical (unpaired) electrons. The first-order valence-corrected chi connectivity index (χ1v) is 10.3. The summed E-state index contributed by atoms with van der Waals surface area (Å²) in [5, 5.41) is 4.67. The summed E-state index contributed by atoms with van der Waals surface area (Å²) in [6.45, 7) is 7.04. The van der Waals surface area contributed by atoms with E-state index in [9.17, 15) is 4.79 Å². The highest BCUT2D eigenvalue weighted by Crippen LogP contribution is 2.28. The lowest BCUT2D eigenvalue weighted by molar-refractivity contribution is -0.130. The van der Waals surface area contributed by atoms with Gasteiger partial charge in [0.2, 0.25) is 5.91 Å². The summed E-state index contributed by atoms with van der Waals surface area (Å²) in [7, 11) is 1.69. The van der Waals surface area contributed by atoms with Gasteiger partial charge in [0.1, 0.15) is 5.75 Å². The fourth-order valence-corrected chi connectivity index (χ4v) is 4.10. The van der Waals surface area contributed by atoms with Crippen LogP contribution in [-0.4, -0.2) is 53.9 Å². The third-order valence-electron chi connectivity index (χ3n) is 5.83. The molecule has 0 atom stereocenters. The van der Waals surface area contributed by atoms with Crippen LogP contribution in [0.5, 0.6) is 5.75 Å². The van der Waals surface area contributed by atoms with Crippen molar-refractivity contribution >= 4 is 11.6 Å². The lowest BCUT2D eigenvalue weighted by Crippen LogP contribution is -2.49. The molecule has 156 valence electrons. The van der Waals surface area contributed by atoms with Crippen LogP contribution < -0.4 is 9.64 Å². The first-order valence-electron chi connectivity index (χ1n) is 10.3. The van der Waals surface area contributed by atoms with Crippen molar-refractivity contribution in [3.05, 3.63) is 71.5 Å². The number of hydrogen-bond donors (Lipinski definition) is 0. The van der Waals surface area contributed by atoms with E-state index in [-0.39, 0.29) is 5.91 Å². The lowest BCUT2D eigenvalue weighted by atomic mass is 10.1. The summed E-state index contributed by atoms with van der Waals surface area (Å²) in [5.41, 5.74) is 5.07. The van der Waals surface area contributed by atoms with E-state index >= 15 is 0 Å². The number of aromatic nitrogens is 2. The molecule has 0 aliphatic carbocycles. The van der Waals surface area contributed by atoms with Gasteiger partial charge in [-0.1, -0.05) is 30.3 Å². The van der Waals surface area contributed by atoms with Crippen LogP contribution in [0.1, 0.15) is 17.0 Å². The second kappa shape index (κ2) is 8.61. The normalized spacial score (nSPS) is 14.1. The summed E-state index contributed by atoms with van der Waals surface area (Å²) >= 11 is 0. The fraction of sp³-hybridized carbons (Fsp3) is 0.333. The average molecular weight is 405 g/mol.